The molecule has 1 amide bonds. The molecule has 0 saturated heterocycles. The van der Waals surface area contributed by atoms with E-state index in [-0.39, 0.29) is 5.91 Å². The topological polar surface area (TPSA) is 77.0 Å². The quantitative estimate of drug-likeness (QED) is 0.537. The van der Waals surface area contributed by atoms with Crippen molar-refractivity contribution in [1.82, 2.24) is 19.8 Å². The lowest BCUT2D eigenvalue weighted by molar-refractivity contribution is -0.127. The van der Waals surface area contributed by atoms with Gasteiger partial charge in [0.15, 0.2) is 5.82 Å². The molecule has 2 aliphatic rings. The maximum absolute atomic E-state index is 12.6. The number of rotatable bonds is 7. The predicted octanol–water partition coefficient (Wildman–Crippen LogP) is 3.91. The van der Waals surface area contributed by atoms with Crippen LogP contribution in [0.3, 0.4) is 0 Å². The minimum absolute atomic E-state index is 0.120. The van der Waals surface area contributed by atoms with Gasteiger partial charge in [-0.3, -0.25) is 4.79 Å². The van der Waals surface area contributed by atoms with Crippen molar-refractivity contribution in [2.24, 2.45) is 5.92 Å². The number of nitrogen functional groups attached to an aromatic ring is 1. The number of nitrogens with two attached hydrogens (primary N) is 1. The Morgan fingerprint density at radius 1 is 1.13 bits per heavy atom. The highest BCUT2D eigenvalue weighted by Crippen LogP contribution is 2.28. The molecular weight excluding hydrogens is 394 g/mol. The van der Waals surface area contributed by atoms with Crippen LogP contribution in [0.2, 0.25) is 0 Å². The fourth-order valence-corrected chi connectivity index (χ4v) is 5.19. The summed E-state index contributed by atoms with van der Waals surface area (Å²) in [6.07, 6.45) is 11.8. The van der Waals surface area contributed by atoms with Gasteiger partial charge >= 0.3 is 0 Å². The maximum Gasteiger partial charge on any atom is 0.233 e. The number of aromatic nitrogens is 3. The number of amides is 1. The number of thioether (sulfide) groups is 1. The summed E-state index contributed by atoms with van der Waals surface area (Å²) in [6.45, 7) is 1.41. The average Bonchev–Trinajstić information content (AvgIpc) is 3.16. The number of benzene rings is 1. The van der Waals surface area contributed by atoms with Gasteiger partial charge in [0.2, 0.25) is 11.1 Å². The first-order chi connectivity index (χ1) is 14.7. The van der Waals surface area contributed by atoms with Crippen molar-refractivity contribution < 1.29 is 4.79 Å². The summed E-state index contributed by atoms with van der Waals surface area (Å²) in [5.41, 5.74) is 2.56. The molecule has 0 bridgehead atoms. The molecule has 7 heteroatoms. The number of hydrogen-bond donors (Lipinski definition) is 1. The Labute approximate surface area is 182 Å². The average molecular weight is 426 g/mol. The molecule has 1 aromatic carbocycles. The van der Waals surface area contributed by atoms with Gasteiger partial charge in [0, 0.05) is 19.5 Å². The molecule has 1 aliphatic heterocycles. The summed E-state index contributed by atoms with van der Waals surface area (Å²) < 4.78 is 1.57. The van der Waals surface area contributed by atoms with Crippen LogP contribution in [0.5, 0.6) is 0 Å². The highest BCUT2D eigenvalue weighted by atomic mass is 32.2. The van der Waals surface area contributed by atoms with Crippen molar-refractivity contribution in [3.63, 3.8) is 0 Å². The van der Waals surface area contributed by atoms with Gasteiger partial charge in [-0.1, -0.05) is 80.3 Å². The van der Waals surface area contributed by atoms with Gasteiger partial charge in [-0.15, -0.1) is 10.2 Å². The summed E-state index contributed by atoms with van der Waals surface area (Å²) in [7, 11) is 0. The number of nitrogens with zero attached hydrogens (tertiary/aromatic N) is 4. The van der Waals surface area contributed by atoms with E-state index >= 15 is 0 Å². The molecule has 0 spiro atoms. The van der Waals surface area contributed by atoms with Crippen LogP contribution >= 0.6 is 11.8 Å². The highest BCUT2D eigenvalue weighted by Gasteiger charge is 2.20. The Morgan fingerprint density at radius 3 is 2.67 bits per heavy atom. The second-order valence-corrected chi connectivity index (χ2v) is 9.23. The Balaban J connectivity index is 1.25. The molecule has 30 heavy (non-hydrogen) atoms. The van der Waals surface area contributed by atoms with Gasteiger partial charge in [-0.05, 0) is 29.9 Å². The van der Waals surface area contributed by atoms with Gasteiger partial charge in [0.05, 0.1) is 5.75 Å². The smallest absolute Gasteiger partial charge is 0.233 e. The van der Waals surface area contributed by atoms with Crippen molar-refractivity contribution >= 4 is 23.2 Å². The van der Waals surface area contributed by atoms with E-state index in [1.807, 2.05) is 11.0 Å². The van der Waals surface area contributed by atoms with Crippen molar-refractivity contribution in [1.29, 1.82) is 0 Å². The fraction of sp³-hybridized carbons (Fsp3) is 0.522. The summed E-state index contributed by atoms with van der Waals surface area (Å²) in [4.78, 5) is 14.5. The largest absolute Gasteiger partial charge is 0.338 e. The van der Waals surface area contributed by atoms with Crippen LogP contribution in [-0.2, 0) is 11.2 Å². The highest BCUT2D eigenvalue weighted by molar-refractivity contribution is 7.99. The summed E-state index contributed by atoms with van der Waals surface area (Å²) in [5, 5.41) is 9.11. The molecule has 1 fully saturated rings. The lowest BCUT2D eigenvalue weighted by Crippen LogP contribution is -2.36. The van der Waals surface area contributed by atoms with E-state index in [2.05, 4.69) is 40.5 Å². The molecule has 2 heterocycles. The Morgan fingerprint density at radius 2 is 1.93 bits per heavy atom. The van der Waals surface area contributed by atoms with Crippen molar-refractivity contribution in [3.8, 4) is 0 Å². The van der Waals surface area contributed by atoms with Crippen molar-refractivity contribution in [3.05, 3.63) is 47.8 Å². The third-order valence-electron chi connectivity index (χ3n) is 6.27. The van der Waals surface area contributed by atoms with Gasteiger partial charge in [-0.2, -0.15) is 0 Å². The normalized spacial score (nSPS) is 17.7. The van der Waals surface area contributed by atoms with E-state index in [9.17, 15) is 4.79 Å². The zero-order valence-corrected chi connectivity index (χ0v) is 18.3. The maximum atomic E-state index is 12.6. The number of hydrogen-bond acceptors (Lipinski definition) is 5. The molecule has 1 aliphatic carbocycles. The second-order valence-electron chi connectivity index (χ2n) is 8.29. The number of aryl methyl sites for hydroxylation is 1. The Hall–Kier alpha value is -2.28. The van der Waals surface area contributed by atoms with Crippen LogP contribution in [0.15, 0.2) is 41.6 Å². The van der Waals surface area contributed by atoms with E-state index < -0.39 is 0 Å². The summed E-state index contributed by atoms with van der Waals surface area (Å²) in [5.74, 6) is 8.28. The summed E-state index contributed by atoms with van der Waals surface area (Å²) >= 11 is 1.38. The minimum atomic E-state index is 0.120. The molecular formula is C23H31N5OS. The molecule has 6 nitrogen and oxygen atoms in total. The van der Waals surface area contributed by atoms with Gasteiger partial charge in [-0.25, -0.2) is 4.68 Å². The Bertz CT molecular complexity index is 873. The van der Waals surface area contributed by atoms with E-state index in [1.165, 1.54) is 55.0 Å². The van der Waals surface area contributed by atoms with Crippen LogP contribution < -0.4 is 5.84 Å². The third kappa shape index (κ3) is 5.25. The molecule has 160 valence electrons. The summed E-state index contributed by atoms with van der Waals surface area (Å²) in [6, 6.07) is 10.4. The first-order valence-electron chi connectivity index (χ1n) is 11.0. The van der Waals surface area contributed by atoms with Crippen molar-refractivity contribution in [2.75, 3.05) is 24.7 Å². The molecule has 4 rings (SSSR count). The molecule has 0 unspecified atom stereocenters. The number of carbonyl (C=O) groups is 1. The molecule has 2 N–H and O–H groups in total. The van der Waals surface area contributed by atoms with E-state index in [0.717, 1.165) is 37.5 Å². The predicted molar refractivity (Wildman–Crippen MR) is 121 cm³/mol. The van der Waals surface area contributed by atoms with Crippen LogP contribution in [0, 0.1) is 5.92 Å². The zero-order chi connectivity index (χ0) is 20.8. The van der Waals surface area contributed by atoms with Crippen molar-refractivity contribution in [2.45, 2.75) is 56.5 Å². The molecule has 1 aromatic heterocycles. The van der Waals surface area contributed by atoms with E-state index in [1.54, 1.807) is 4.68 Å². The molecule has 0 radical (unpaired) electrons. The third-order valence-corrected chi connectivity index (χ3v) is 7.20. The van der Waals surface area contributed by atoms with Crippen LogP contribution in [0.25, 0.3) is 5.57 Å². The van der Waals surface area contributed by atoms with Gasteiger partial charge in [0.1, 0.15) is 0 Å². The zero-order valence-electron chi connectivity index (χ0n) is 17.5. The standard InChI is InChI=1S/C23H31N5OS/c24-28-21(12-11-18-7-3-1-4-8-18)25-26-23(28)30-17-22(29)27-15-13-20(14-16-27)19-9-5-2-6-10-19/h2,5-6,9-10,13,18H,1,3-4,7-8,11-12,14-17,24H2. The van der Waals surface area contributed by atoms with Crippen LogP contribution in [-0.4, -0.2) is 44.5 Å². The lowest BCUT2D eigenvalue weighted by Gasteiger charge is -2.26. The lowest BCUT2D eigenvalue weighted by atomic mass is 9.86. The minimum Gasteiger partial charge on any atom is -0.338 e. The monoisotopic (exact) mass is 425 g/mol. The molecule has 2 aromatic rings. The molecule has 0 atom stereocenters. The molecule has 1 saturated carbocycles. The van der Waals surface area contributed by atoms with Gasteiger partial charge < -0.3 is 10.7 Å². The first-order valence-corrected chi connectivity index (χ1v) is 12.0. The number of carbonyl (C=O) groups excluding carboxylic acids is 1. The second kappa shape index (κ2) is 10.2. The van der Waals surface area contributed by atoms with Crippen LogP contribution in [0.4, 0.5) is 0 Å². The fourth-order valence-electron chi connectivity index (χ4n) is 4.41. The van der Waals surface area contributed by atoms with Crippen LogP contribution in [0.1, 0.15) is 56.3 Å². The van der Waals surface area contributed by atoms with E-state index in [4.69, 9.17) is 5.84 Å². The van der Waals surface area contributed by atoms with E-state index in [0.29, 0.717) is 17.5 Å². The Kier molecular flexibility index (Phi) is 7.10. The van der Waals surface area contributed by atoms with Gasteiger partial charge in [0.25, 0.3) is 0 Å². The SMILES string of the molecule is Nn1c(CCC2CCCCC2)nnc1SCC(=O)N1CC=C(c2ccccc2)CC1. The first kappa shape index (κ1) is 21.0.